The first-order chi connectivity index (χ1) is 16.7. The number of anilines is 2. The van der Waals surface area contributed by atoms with E-state index >= 15 is 0 Å². The van der Waals surface area contributed by atoms with Gasteiger partial charge in [0.2, 0.25) is 0 Å². The molecule has 3 N–H and O–H groups in total. The summed E-state index contributed by atoms with van der Waals surface area (Å²) in [6, 6.07) is 12.9. The number of halogens is 2. The number of sulfonamides is 1. The third kappa shape index (κ3) is 5.02. The van der Waals surface area contributed by atoms with Crippen LogP contribution in [-0.4, -0.2) is 25.1 Å². The van der Waals surface area contributed by atoms with Gasteiger partial charge in [-0.1, -0.05) is 11.6 Å². The zero-order valence-electron chi connectivity index (χ0n) is 17.9. The van der Waals surface area contributed by atoms with Crippen LogP contribution in [0.2, 0.25) is 4.34 Å². The summed E-state index contributed by atoms with van der Waals surface area (Å²) in [5.74, 6) is -0.482. The van der Waals surface area contributed by atoms with Crippen molar-refractivity contribution in [2.24, 2.45) is 0 Å². The average molecular weight is 533 g/mol. The number of fused-ring (bicyclic) bond motifs is 1. The molecule has 12 heteroatoms. The topological polar surface area (TPSA) is 109 Å². The van der Waals surface area contributed by atoms with Gasteiger partial charge in [0.25, 0.3) is 15.6 Å². The summed E-state index contributed by atoms with van der Waals surface area (Å²) in [6.45, 7) is 0. The Morgan fingerprint density at radius 2 is 1.83 bits per heavy atom. The lowest BCUT2D eigenvalue weighted by molar-refractivity contribution is 0.256. The molecule has 2 aromatic heterocycles. The number of pyridine rings is 1. The first-order valence-electron chi connectivity index (χ1n) is 10.5. The second kappa shape index (κ2) is 8.99. The second-order valence-electron chi connectivity index (χ2n) is 7.99. The predicted octanol–water partition coefficient (Wildman–Crippen LogP) is 4.93. The number of benzene rings is 2. The number of aromatic nitrogens is 1. The van der Waals surface area contributed by atoms with Gasteiger partial charge in [-0.25, -0.2) is 22.3 Å². The third-order valence-corrected chi connectivity index (χ3v) is 8.43. The first-order valence-corrected chi connectivity index (χ1v) is 13.2. The summed E-state index contributed by atoms with van der Waals surface area (Å²) in [5.41, 5.74) is 0.791. The van der Waals surface area contributed by atoms with E-state index in [0.717, 1.165) is 24.2 Å². The van der Waals surface area contributed by atoms with E-state index in [1.165, 1.54) is 34.9 Å². The van der Waals surface area contributed by atoms with Gasteiger partial charge in [0.05, 0.1) is 15.4 Å². The smallest absolute Gasteiger partial charge is 0.333 e. The molecule has 0 unspecified atom stereocenters. The van der Waals surface area contributed by atoms with Crippen molar-refractivity contribution < 1.29 is 17.6 Å². The number of amides is 2. The van der Waals surface area contributed by atoms with Gasteiger partial charge in [-0.15, -0.1) is 11.3 Å². The van der Waals surface area contributed by atoms with Gasteiger partial charge in [0.15, 0.2) is 0 Å². The molecule has 4 aromatic rings. The minimum Gasteiger partial charge on any atom is -0.380 e. The standard InChI is InChI=1S/C23H18ClFN4O4S2/c24-20-7-8-21(34-20)35(32,33)28-23(31)27-15-3-5-16(6-4-15)29-10-9-13-11-19(26-14-1-2-14)18(25)12-17(13)22(29)30/h3-12,14,26H,1-2H2,(H2,27,28,31). The summed E-state index contributed by atoms with van der Waals surface area (Å²) in [5, 5.41) is 6.42. The van der Waals surface area contributed by atoms with Crippen LogP contribution in [0.1, 0.15) is 12.8 Å². The maximum Gasteiger partial charge on any atom is 0.333 e. The molecule has 2 aromatic carbocycles. The van der Waals surface area contributed by atoms with Gasteiger partial charge < -0.3 is 10.6 Å². The molecule has 0 bridgehead atoms. The molecule has 0 saturated heterocycles. The molecule has 1 fully saturated rings. The lowest BCUT2D eigenvalue weighted by Gasteiger charge is -2.11. The SMILES string of the molecule is O=C(Nc1ccc(-n2ccc3cc(NC4CC4)c(F)cc3c2=O)cc1)NS(=O)(=O)c1ccc(Cl)s1. The Morgan fingerprint density at radius 1 is 1.09 bits per heavy atom. The van der Waals surface area contributed by atoms with Crippen LogP contribution in [0.4, 0.5) is 20.6 Å². The molecule has 0 aliphatic heterocycles. The highest BCUT2D eigenvalue weighted by Gasteiger charge is 2.23. The van der Waals surface area contributed by atoms with Crippen molar-refractivity contribution in [3.8, 4) is 5.69 Å². The Morgan fingerprint density at radius 3 is 2.49 bits per heavy atom. The fraction of sp³-hybridized carbons (Fsp3) is 0.130. The maximum absolute atomic E-state index is 14.5. The van der Waals surface area contributed by atoms with Crippen LogP contribution in [0.15, 0.2) is 69.8 Å². The van der Waals surface area contributed by atoms with Crippen molar-refractivity contribution in [2.75, 3.05) is 10.6 Å². The fourth-order valence-corrected chi connectivity index (χ4v) is 5.89. The van der Waals surface area contributed by atoms with E-state index in [0.29, 0.717) is 22.4 Å². The van der Waals surface area contributed by atoms with Crippen LogP contribution in [0.3, 0.4) is 0 Å². The van der Waals surface area contributed by atoms with E-state index in [2.05, 4.69) is 10.6 Å². The molecule has 1 saturated carbocycles. The lowest BCUT2D eigenvalue weighted by Crippen LogP contribution is -2.33. The molecule has 1 aliphatic carbocycles. The van der Waals surface area contributed by atoms with Gasteiger partial charge in [-0.3, -0.25) is 9.36 Å². The number of rotatable bonds is 6. The number of urea groups is 1. The Bertz CT molecular complexity index is 1610. The summed E-state index contributed by atoms with van der Waals surface area (Å²) < 4.78 is 42.5. The molecule has 0 radical (unpaired) electrons. The van der Waals surface area contributed by atoms with E-state index in [9.17, 15) is 22.4 Å². The molecule has 2 heterocycles. The molecule has 8 nitrogen and oxygen atoms in total. The Balaban J connectivity index is 1.33. The maximum atomic E-state index is 14.5. The molecule has 35 heavy (non-hydrogen) atoms. The lowest BCUT2D eigenvalue weighted by atomic mass is 10.1. The Hall–Kier alpha value is -3.41. The van der Waals surface area contributed by atoms with Crippen molar-refractivity contribution in [3.05, 3.63) is 81.3 Å². The number of nitrogens with one attached hydrogen (secondary N) is 3. The minimum atomic E-state index is -4.05. The zero-order valence-corrected chi connectivity index (χ0v) is 20.3. The van der Waals surface area contributed by atoms with Crippen LogP contribution in [0.5, 0.6) is 0 Å². The molecule has 180 valence electrons. The number of hydrogen-bond acceptors (Lipinski definition) is 6. The largest absolute Gasteiger partial charge is 0.380 e. The van der Waals surface area contributed by atoms with Crippen LogP contribution in [-0.2, 0) is 10.0 Å². The normalized spacial score (nSPS) is 13.5. The Labute approximate surface area is 208 Å². The molecule has 5 rings (SSSR count). The molecule has 2 amide bonds. The Kier molecular flexibility index (Phi) is 5.99. The number of hydrogen-bond donors (Lipinski definition) is 3. The average Bonchev–Trinajstić information content (AvgIpc) is 3.51. The molecule has 0 spiro atoms. The van der Waals surface area contributed by atoms with Crippen molar-refractivity contribution in [2.45, 2.75) is 23.1 Å². The first kappa shape index (κ1) is 23.3. The van der Waals surface area contributed by atoms with Gasteiger partial charge in [-0.05, 0) is 72.8 Å². The summed E-state index contributed by atoms with van der Waals surface area (Å²) in [7, 11) is -4.05. The molecular formula is C23H18ClFN4O4S2. The van der Waals surface area contributed by atoms with Crippen molar-refractivity contribution in [1.82, 2.24) is 9.29 Å². The molecule has 1 aliphatic rings. The number of thiophene rings is 1. The minimum absolute atomic E-state index is 0.0874. The number of nitrogens with zero attached hydrogens (tertiary/aromatic N) is 1. The van der Waals surface area contributed by atoms with Gasteiger partial charge in [0, 0.05) is 23.6 Å². The van der Waals surface area contributed by atoms with Crippen LogP contribution in [0, 0.1) is 5.82 Å². The molecular weight excluding hydrogens is 515 g/mol. The monoisotopic (exact) mass is 532 g/mol. The van der Waals surface area contributed by atoms with Crippen LogP contribution >= 0.6 is 22.9 Å². The summed E-state index contributed by atoms with van der Waals surface area (Å²) in [4.78, 5) is 25.2. The van der Waals surface area contributed by atoms with E-state index in [1.54, 1.807) is 30.5 Å². The van der Waals surface area contributed by atoms with E-state index in [-0.39, 0.29) is 20.0 Å². The van der Waals surface area contributed by atoms with E-state index < -0.39 is 27.4 Å². The van der Waals surface area contributed by atoms with E-state index in [4.69, 9.17) is 11.6 Å². The quantitative estimate of drug-likeness (QED) is 0.326. The summed E-state index contributed by atoms with van der Waals surface area (Å²) in [6.07, 6.45) is 3.60. The highest BCUT2D eigenvalue weighted by Crippen LogP contribution is 2.29. The van der Waals surface area contributed by atoms with Gasteiger partial charge >= 0.3 is 6.03 Å². The zero-order chi connectivity index (χ0) is 24.7. The van der Waals surface area contributed by atoms with Gasteiger partial charge in [-0.2, -0.15) is 0 Å². The molecule has 0 atom stereocenters. The highest BCUT2D eigenvalue weighted by atomic mass is 35.5. The number of carbonyl (C=O) groups excluding carboxylic acids is 1. The third-order valence-electron chi connectivity index (χ3n) is 5.37. The summed E-state index contributed by atoms with van der Waals surface area (Å²) >= 11 is 6.58. The van der Waals surface area contributed by atoms with Crippen molar-refractivity contribution in [3.63, 3.8) is 0 Å². The predicted molar refractivity (Wildman–Crippen MR) is 135 cm³/mol. The number of carbonyl (C=O) groups is 1. The van der Waals surface area contributed by atoms with Crippen LogP contribution in [0.25, 0.3) is 16.5 Å². The van der Waals surface area contributed by atoms with Crippen LogP contribution < -0.4 is 20.9 Å². The van der Waals surface area contributed by atoms with E-state index in [1.807, 2.05) is 4.72 Å². The van der Waals surface area contributed by atoms with Gasteiger partial charge in [0.1, 0.15) is 10.0 Å². The fourth-order valence-electron chi connectivity index (χ4n) is 3.50. The van der Waals surface area contributed by atoms with Crippen molar-refractivity contribution >= 4 is 61.1 Å². The second-order valence-corrected chi connectivity index (χ2v) is 11.6. The highest BCUT2D eigenvalue weighted by molar-refractivity contribution is 7.92. The van der Waals surface area contributed by atoms with Crippen molar-refractivity contribution in [1.29, 1.82) is 0 Å².